The van der Waals surface area contributed by atoms with Crippen LogP contribution in [-0.2, 0) is 6.42 Å². The summed E-state index contributed by atoms with van der Waals surface area (Å²) in [4.78, 5) is 0. The lowest BCUT2D eigenvalue weighted by atomic mass is 10.2. The van der Waals surface area contributed by atoms with Crippen LogP contribution in [-0.4, -0.2) is 6.16 Å². The SMILES string of the molecule is Cl.Cl.c1ccc(CC[P+](c2ccccc2)(c2ccccc2)c2ccccc2)cc1. The van der Waals surface area contributed by atoms with Gasteiger partial charge in [-0.25, -0.2) is 0 Å². The van der Waals surface area contributed by atoms with Gasteiger partial charge in [0.1, 0.15) is 23.2 Å². The first-order valence-corrected chi connectivity index (χ1v) is 11.5. The zero-order valence-electron chi connectivity index (χ0n) is 16.2. The van der Waals surface area contributed by atoms with Crippen LogP contribution in [0.25, 0.3) is 0 Å². The largest absolute Gasteiger partial charge is 0.147 e. The first-order valence-electron chi connectivity index (χ1n) is 9.48. The van der Waals surface area contributed by atoms with Gasteiger partial charge < -0.3 is 0 Å². The van der Waals surface area contributed by atoms with Gasteiger partial charge in [0.25, 0.3) is 0 Å². The van der Waals surface area contributed by atoms with Crippen LogP contribution in [0.15, 0.2) is 121 Å². The van der Waals surface area contributed by atoms with E-state index in [1.54, 1.807) is 0 Å². The first kappa shape index (κ1) is 23.2. The third-order valence-corrected chi connectivity index (χ3v) is 9.60. The molecule has 0 amide bonds. The highest BCUT2D eigenvalue weighted by Crippen LogP contribution is 2.55. The summed E-state index contributed by atoms with van der Waals surface area (Å²) in [7, 11) is -1.72. The molecule has 0 aliphatic rings. The highest BCUT2D eigenvalue weighted by atomic mass is 35.5. The van der Waals surface area contributed by atoms with Gasteiger partial charge in [-0.1, -0.05) is 84.9 Å². The van der Waals surface area contributed by atoms with E-state index in [0.29, 0.717) is 0 Å². The molecule has 0 spiro atoms. The maximum Gasteiger partial charge on any atom is 0.112 e. The van der Waals surface area contributed by atoms with E-state index in [1.807, 2.05) is 0 Å². The Bertz CT molecular complexity index is 862. The van der Waals surface area contributed by atoms with Crippen LogP contribution in [0.5, 0.6) is 0 Å². The minimum absolute atomic E-state index is 0. The van der Waals surface area contributed by atoms with Crippen molar-refractivity contribution in [3.63, 3.8) is 0 Å². The van der Waals surface area contributed by atoms with Crippen LogP contribution in [0.1, 0.15) is 5.56 Å². The molecule has 0 atom stereocenters. The molecule has 0 aromatic heterocycles. The van der Waals surface area contributed by atoms with Gasteiger partial charge in [-0.3, -0.25) is 0 Å². The summed E-state index contributed by atoms with van der Waals surface area (Å²) in [5, 5.41) is 4.37. The molecule has 0 N–H and O–H groups in total. The third kappa shape index (κ3) is 5.09. The van der Waals surface area contributed by atoms with Crippen molar-refractivity contribution >= 4 is 48.0 Å². The van der Waals surface area contributed by atoms with Crippen molar-refractivity contribution < 1.29 is 0 Å². The number of halogens is 2. The van der Waals surface area contributed by atoms with E-state index in [2.05, 4.69) is 121 Å². The summed E-state index contributed by atoms with van der Waals surface area (Å²) < 4.78 is 0. The molecule has 0 saturated carbocycles. The second-order valence-electron chi connectivity index (χ2n) is 6.78. The van der Waals surface area contributed by atoms with E-state index >= 15 is 0 Å². The Hall–Kier alpha value is -2.11. The lowest BCUT2D eigenvalue weighted by molar-refractivity contribution is 1.15. The van der Waals surface area contributed by atoms with E-state index in [0.717, 1.165) is 12.6 Å². The lowest BCUT2D eigenvalue weighted by Gasteiger charge is -2.27. The zero-order valence-corrected chi connectivity index (χ0v) is 18.8. The molecule has 0 bridgehead atoms. The van der Waals surface area contributed by atoms with Gasteiger partial charge in [0.15, 0.2) is 0 Å². The number of hydrogen-bond acceptors (Lipinski definition) is 0. The van der Waals surface area contributed by atoms with Gasteiger partial charge in [-0.05, 0) is 42.0 Å². The Balaban J connectivity index is 0.00000150. The van der Waals surface area contributed by atoms with Crippen LogP contribution in [0.4, 0.5) is 0 Å². The van der Waals surface area contributed by atoms with E-state index in [9.17, 15) is 0 Å². The normalized spacial score (nSPS) is 10.5. The molecule has 0 saturated heterocycles. The van der Waals surface area contributed by atoms with Gasteiger partial charge in [0, 0.05) is 6.42 Å². The number of hydrogen-bond donors (Lipinski definition) is 0. The molecule has 4 aromatic carbocycles. The molecule has 4 aromatic rings. The predicted molar refractivity (Wildman–Crippen MR) is 135 cm³/mol. The topological polar surface area (TPSA) is 0 Å². The van der Waals surface area contributed by atoms with E-state index in [-0.39, 0.29) is 24.8 Å². The van der Waals surface area contributed by atoms with Crippen molar-refractivity contribution in [1.29, 1.82) is 0 Å². The van der Waals surface area contributed by atoms with Crippen molar-refractivity contribution in [2.75, 3.05) is 6.16 Å². The Kier molecular flexibility index (Phi) is 8.93. The monoisotopic (exact) mass is 439 g/mol. The summed E-state index contributed by atoms with van der Waals surface area (Å²) in [6.07, 6.45) is 2.21. The Morgan fingerprint density at radius 3 is 1.07 bits per heavy atom. The second kappa shape index (κ2) is 11.2. The molecule has 0 aliphatic heterocycles. The second-order valence-corrected chi connectivity index (χ2v) is 10.4. The van der Waals surface area contributed by atoms with Crippen molar-refractivity contribution in [3.8, 4) is 0 Å². The minimum Gasteiger partial charge on any atom is -0.147 e. The standard InChI is InChI=1S/C26H24P.2ClH/c1-5-13-23(14-6-1)21-22-27(24-15-7-2-8-16-24,25-17-9-3-10-18-25)26-19-11-4-12-20-26;;/h1-20H,21-22H2;2*1H/q+1;;. The van der Waals surface area contributed by atoms with Gasteiger partial charge in [-0.15, -0.1) is 24.8 Å². The van der Waals surface area contributed by atoms with E-state index < -0.39 is 7.26 Å². The van der Waals surface area contributed by atoms with Crippen LogP contribution in [0.2, 0.25) is 0 Å². The minimum atomic E-state index is -1.72. The zero-order chi connectivity index (χ0) is 18.4. The quantitative estimate of drug-likeness (QED) is 0.320. The molecule has 0 fully saturated rings. The summed E-state index contributed by atoms with van der Waals surface area (Å²) in [6, 6.07) is 44.2. The Morgan fingerprint density at radius 1 is 0.414 bits per heavy atom. The van der Waals surface area contributed by atoms with Crippen molar-refractivity contribution in [2.45, 2.75) is 6.42 Å². The average molecular weight is 440 g/mol. The molecule has 0 heterocycles. The number of aryl methyl sites for hydroxylation is 1. The Morgan fingerprint density at radius 2 is 0.724 bits per heavy atom. The predicted octanol–water partition coefficient (Wildman–Crippen LogP) is 6.07. The summed E-state index contributed by atoms with van der Waals surface area (Å²) >= 11 is 0. The summed E-state index contributed by atoms with van der Waals surface area (Å²) in [5.41, 5.74) is 1.41. The van der Waals surface area contributed by atoms with Gasteiger partial charge in [-0.2, -0.15) is 0 Å². The van der Waals surface area contributed by atoms with Crippen molar-refractivity contribution in [1.82, 2.24) is 0 Å². The van der Waals surface area contributed by atoms with Gasteiger partial charge in [0.05, 0.1) is 6.16 Å². The van der Waals surface area contributed by atoms with E-state index in [1.165, 1.54) is 21.5 Å². The molecule has 0 aliphatic carbocycles. The van der Waals surface area contributed by atoms with Crippen molar-refractivity contribution in [3.05, 3.63) is 127 Å². The first-order chi connectivity index (χ1) is 13.4. The van der Waals surface area contributed by atoms with Crippen molar-refractivity contribution in [2.24, 2.45) is 0 Å². The van der Waals surface area contributed by atoms with E-state index in [4.69, 9.17) is 0 Å². The summed E-state index contributed by atoms with van der Waals surface area (Å²) in [5.74, 6) is 0. The molecule has 0 nitrogen and oxygen atoms in total. The summed E-state index contributed by atoms with van der Waals surface area (Å²) in [6.45, 7) is 0. The smallest absolute Gasteiger partial charge is 0.112 e. The molecular weight excluding hydrogens is 414 g/mol. The molecule has 3 heteroatoms. The highest BCUT2D eigenvalue weighted by molar-refractivity contribution is 7.95. The molecule has 0 unspecified atom stereocenters. The fourth-order valence-corrected chi connectivity index (χ4v) is 8.13. The van der Waals surface area contributed by atoms with Crippen LogP contribution < -0.4 is 15.9 Å². The fraction of sp³-hybridized carbons (Fsp3) is 0.0769. The molecular formula is C26H26Cl2P+. The fourth-order valence-electron chi connectivity index (χ4n) is 3.82. The molecule has 29 heavy (non-hydrogen) atoms. The average Bonchev–Trinajstić information content (AvgIpc) is 2.77. The van der Waals surface area contributed by atoms with Crippen LogP contribution >= 0.6 is 32.1 Å². The highest BCUT2D eigenvalue weighted by Gasteiger charge is 2.44. The maximum atomic E-state index is 2.32. The van der Waals surface area contributed by atoms with Gasteiger partial charge in [0.2, 0.25) is 0 Å². The maximum absolute atomic E-state index is 2.32. The molecule has 148 valence electrons. The number of benzene rings is 4. The van der Waals surface area contributed by atoms with Gasteiger partial charge >= 0.3 is 0 Å². The number of rotatable bonds is 6. The molecule has 4 rings (SSSR count). The Labute approximate surface area is 187 Å². The van der Waals surface area contributed by atoms with Crippen LogP contribution in [0, 0.1) is 0 Å². The molecule has 0 radical (unpaired) electrons. The van der Waals surface area contributed by atoms with Crippen LogP contribution in [0.3, 0.4) is 0 Å². The lowest BCUT2D eigenvalue weighted by Crippen LogP contribution is -2.34. The third-order valence-electron chi connectivity index (χ3n) is 5.17.